The fraction of sp³-hybridized carbons (Fsp3) is 0.722. The molecule has 0 radical (unpaired) electrons. The minimum absolute atomic E-state index is 0.0802. The van der Waals surface area contributed by atoms with Crippen molar-refractivity contribution in [2.24, 2.45) is 13.0 Å². The van der Waals surface area contributed by atoms with Crippen LogP contribution in [0.5, 0.6) is 5.88 Å². The highest BCUT2D eigenvalue weighted by atomic mass is 16.5. The van der Waals surface area contributed by atoms with E-state index in [0.717, 1.165) is 49.4 Å². The highest BCUT2D eigenvalue weighted by Gasteiger charge is 2.43. The average molecular weight is 345 g/mol. The predicted octanol–water partition coefficient (Wildman–Crippen LogP) is 1.68. The summed E-state index contributed by atoms with van der Waals surface area (Å²) in [6.45, 7) is 4.97. The maximum absolute atomic E-state index is 12.6. The van der Waals surface area contributed by atoms with Gasteiger partial charge < -0.3 is 10.1 Å². The molecule has 2 fully saturated rings. The molecule has 1 saturated heterocycles. The lowest BCUT2D eigenvalue weighted by Gasteiger charge is -2.28. The van der Waals surface area contributed by atoms with Gasteiger partial charge in [0.05, 0.1) is 31.0 Å². The zero-order valence-electron chi connectivity index (χ0n) is 15.5. The fourth-order valence-corrected chi connectivity index (χ4v) is 4.02. The minimum Gasteiger partial charge on any atom is -0.481 e. The van der Waals surface area contributed by atoms with E-state index < -0.39 is 5.54 Å². The molecule has 0 bridgehead atoms. The van der Waals surface area contributed by atoms with Gasteiger partial charge in [0.25, 0.3) is 0 Å². The topological polar surface area (TPSA) is 83.2 Å². The fourth-order valence-electron chi connectivity index (χ4n) is 4.02. The summed E-state index contributed by atoms with van der Waals surface area (Å²) in [4.78, 5) is 14.7. The highest BCUT2D eigenvalue weighted by Crippen LogP contribution is 2.40. The molecule has 1 saturated carbocycles. The second-order valence-corrected chi connectivity index (χ2v) is 7.40. The number of carbonyl (C=O) groups excluding carboxylic acids is 1. The second kappa shape index (κ2) is 6.68. The maximum atomic E-state index is 12.6. The van der Waals surface area contributed by atoms with Crippen molar-refractivity contribution in [2.75, 3.05) is 20.2 Å². The Morgan fingerprint density at radius 1 is 1.48 bits per heavy atom. The van der Waals surface area contributed by atoms with Crippen LogP contribution in [0.3, 0.4) is 0 Å². The SMILES string of the molecule is COc1c(C2CCCN2CC(=O)NC(C)(C#N)C2CC2)c(C)nn1C. The van der Waals surface area contributed by atoms with Gasteiger partial charge in [-0.3, -0.25) is 9.69 Å². The lowest BCUT2D eigenvalue weighted by atomic mass is 9.98. The normalized spacial score (nSPS) is 23.1. The summed E-state index contributed by atoms with van der Waals surface area (Å²) < 4.78 is 7.28. The van der Waals surface area contributed by atoms with Crippen LogP contribution in [0.1, 0.15) is 49.9 Å². The van der Waals surface area contributed by atoms with Gasteiger partial charge in [-0.1, -0.05) is 0 Å². The number of aryl methyl sites for hydroxylation is 2. The number of nitrogens with zero attached hydrogens (tertiary/aromatic N) is 4. The standard InChI is InChI=1S/C18H27N5O2/c1-12-16(17(25-4)22(3)21-12)14-6-5-9-23(14)10-15(24)20-18(2,11-19)13-7-8-13/h13-14H,5-10H2,1-4H3,(H,20,24). The van der Waals surface area contributed by atoms with Crippen LogP contribution in [-0.4, -0.2) is 46.3 Å². The van der Waals surface area contributed by atoms with Crippen molar-refractivity contribution in [3.63, 3.8) is 0 Å². The quantitative estimate of drug-likeness (QED) is 0.848. The van der Waals surface area contributed by atoms with Gasteiger partial charge in [-0.15, -0.1) is 0 Å². The zero-order valence-corrected chi connectivity index (χ0v) is 15.5. The Morgan fingerprint density at radius 3 is 2.80 bits per heavy atom. The first-order valence-electron chi connectivity index (χ1n) is 8.93. The van der Waals surface area contributed by atoms with Gasteiger partial charge >= 0.3 is 0 Å². The Bertz CT molecular complexity index is 703. The minimum atomic E-state index is -0.742. The summed E-state index contributed by atoms with van der Waals surface area (Å²) in [5.74, 6) is 0.967. The zero-order chi connectivity index (χ0) is 18.2. The maximum Gasteiger partial charge on any atom is 0.235 e. The molecule has 2 heterocycles. The number of hydrogen-bond acceptors (Lipinski definition) is 5. The molecule has 2 atom stereocenters. The predicted molar refractivity (Wildman–Crippen MR) is 92.9 cm³/mol. The van der Waals surface area contributed by atoms with Gasteiger partial charge in [-0.05, 0) is 52.0 Å². The number of methoxy groups -OCH3 is 1. The van der Waals surface area contributed by atoms with E-state index in [1.165, 1.54) is 0 Å². The summed E-state index contributed by atoms with van der Waals surface area (Å²) in [6.07, 6.45) is 4.05. The molecule has 7 nitrogen and oxygen atoms in total. The van der Waals surface area contributed by atoms with E-state index in [-0.39, 0.29) is 17.9 Å². The van der Waals surface area contributed by atoms with Gasteiger partial charge in [0.2, 0.25) is 11.8 Å². The van der Waals surface area contributed by atoms with Crippen molar-refractivity contribution < 1.29 is 9.53 Å². The van der Waals surface area contributed by atoms with E-state index in [1.807, 2.05) is 20.9 Å². The van der Waals surface area contributed by atoms with Crippen LogP contribution in [0.25, 0.3) is 0 Å². The first-order valence-corrected chi connectivity index (χ1v) is 8.93. The van der Waals surface area contributed by atoms with Crippen molar-refractivity contribution in [2.45, 2.75) is 51.1 Å². The molecule has 25 heavy (non-hydrogen) atoms. The Kier molecular flexibility index (Phi) is 4.74. The molecule has 3 rings (SSSR count). The molecule has 1 amide bonds. The van der Waals surface area contributed by atoms with Gasteiger partial charge in [0, 0.05) is 13.1 Å². The molecule has 1 aliphatic heterocycles. The van der Waals surface area contributed by atoms with Crippen molar-refractivity contribution in [1.82, 2.24) is 20.0 Å². The van der Waals surface area contributed by atoms with Crippen LogP contribution in [0.2, 0.25) is 0 Å². The van der Waals surface area contributed by atoms with Gasteiger partial charge in [0.15, 0.2) is 0 Å². The summed E-state index contributed by atoms with van der Waals surface area (Å²) >= 11 is 0. The van der Waals surface area contributed by atoms with Crippen LogP contribution in [0, 0.1) is 24.2 Å². The Balaban J connectivity index is 1.72. The molecule has 1 aromatic heterocycles. The number of amides is 1. The molecule has 0 aromatic carbocycles. The van der Waals surface area contributed by atoms with Crippen molar-refractivity contribution in [1.29, 1.82) is 5.26 Å². The number of likely N-dealkylation sites (tertiary alicyclic amines) is 1. The Morgan fingerprint density at radius 2 is 2.20 bits per heavy atom. The van der Waals surface area contributed by atoms with E-state index in [0.29, 0.717) is 6.54 Å². The third-order valence-electron chi connectivity index (χ3n) is 5.48. The molecular weight excluding hydrogens is 318 g/mol. The third kappa shape index (κ3) is 3.36. The third-order valence-corrected chi connectivity index (χ3v) is 5.48. The first-order chi connectivity index (χ1) is 11.9. The van der Waals surface area contributed by atoms with E-state index in [4.69, 9.17) is 4.74 Å². The molecule has 0 spiro atoms. The Hall–Kier alpha value is -2.07. The second-order valence-electron chi connectivity index (χ2n) is 7.40. The number of carbonyl (C=O) groups is 1. The van der Waals surface area contributed by atoms with E-state index in [9.17, 15) is 10.1 Å². The molecule has 136 valence electrons. The number of ether oxygens (including phenoxy) is 1. The summed E-state index contributed by atoms with van der Waals surface area (Å²) in [5, 5.41) is 16.9. The van der Waals surface area contributed by atoms with E-state index in [2.05, 4.69) is 21.4 Å². The summed E-state index contributed by atoms with van der Waals surface area (Å²) in [5.41, 5.74) is 1.27. The smallest absolute Gasteiger partial charge is 0.235 e. The van der Waals surface area contributed by atoms with Crippen LogP contribution in [-0.2, 0) is 11.8 Å². The largest absolute Gasteiger partial charge is 0.481 e. The summed E-state index contributed by atoms with van der Waals surface area (Å²) in [6, 6.07) is 2.41. The molecule has 1 aliphatic carbocycles. The van der Waals surface area contributed by atoms with Gasteiger partial charge in [-0.25, -0.2) is 4.68 Å². The number of aromatic nitrogens is 2. The Labute approximate surface area is 148 Å². The van der Waals surface area contributed by atoms with Gasteiger partial charge in [0.1, 0.15) is 5.54 Å². The lowest BCUT2D eigenvalue weighted by Crippen LogP contribution is -2.50. The van der Waals surface area contributed by atoms with Gasteiger partial charge in [-0.2, -0.15) is 10.4 Å². The molecular formula is C18H27N5O2. The van der Waals surface area contributed by atoms with Crippen LogP contribution < -0.4 is 10.1 Å². The molecule has 1 aromatic rings. The van der Waals surface area contributed by atoms with E-state index >= 15 is 0 Å². The molecule has 7 heteroatoms. The number of rotatable bonds is 6. The molecule has 2 aliphatic rings. The van der Waals surface area contributed by atoms with Crippen LogP contribution in [0.15, 0.2) is 0 Å². The van der Waals surface area contributed by atoms with Crippen LogP contribution >= 0.6 is 0 Å². The average Bonchev–Trinajstić information content (AvgIpc) is 3.27. The number of nitriles is 1. The monoisotopic (exact) mass is 345 g/mol. The lowest BCUT2D eigenvalue weighted by molar-refractivity contribution is -0.123. The van der Waals surface area contributed by atoms with Crippen molar-refractivity contribution >= 4 is 5.91 Å². The van der Waals surface area contributed by atoms with E-state index in [1.54, 1.807) is 11.8 Å². The first kappa shape index (κ1) is 17.7. The van der Waals surface area contributed by atoms with Crippen molar-refractivity contribution in [3.05, 3.63) is 11.3 Å². The number of nitrogens with one attached hydrogen (secondary N) is 1. The number of hydrogen-bond donors (Lipinski definition) is 1. The molecule has 2 unspecified atom stereocenters. The summed E-state index contributed by atoms with van der Waals surface area (Å²) in [7, 11) is 3.52. The van der Waals surface area contributed by atoms with Crippen LogP contribution in [0.4, 0.5) is 0 Å². The molecule has 1 N–H and O–H groups in total. The highest BCUT2D eigenvalue weighted by molar-refractivity contribution is 5.79. The van der Waals surface area contributed by atoms with Crippen molar-refractivity contribution in [3.8, 4) is 11.9 Å².